The van der Waals surface area contributed by atoms with Crippen LogP contribution in [0.15, 0.2) is 36.7 Å². The number of aromatic nitrogens is 2. The Balaban J connectivity index is 1.18. The van der Waals surface area contributed by atoms with E-state index in [0.717, 1.165) is 59.2 Å². The van der Waals surface area contributed by atoms with Gasteiger partial charge in [0.05, 0.1) is 22.0 Å². The van der Waals surface area contributed by atoms with Gasteiger partial charge in [-0.25, -0.2) is 14.8 Å². The molecule has 2 aromatic heterocycles. The van der Waals surface area contributed by atoms with Gasteiger partial charge in [0.15, 0.2) is 0 Å². The third kappa shape index (κ3) is 6.20. The van der Waals surface area contributed by atoms with Crippen molar-refractivity contribution in [3.05, 3.63) is 57.2 Å². The molecule has 1 fully saturated rings. The van der Waals surface area contributed by atoms with Gasteiger partial charge in [-0.15, -0.1) is 11.3 Å². The topological polar surface area (TPSA) is 84.9 Å². The lowest BCUT2D eigenvalue weighted by molar-refractivity contribution is -0.126. The number of nitrogens with zero attached hydrogens (tertiary/aromatic N) is 6. The Morgan fingerprint density at radius 3 is 2.55 bits per heavy atom. The SMILES string of the molecule is CCN(CC)C(=O)N1CCN(CC=CC(=O)N2CCc3c(sc4ncnc(Nc5ccc(Cl)c(Cl)c5)c34)C2)CC1. The number of benzene rings is 1. The van der Waals surface area contributed by atoms with Gasteiger partial charge in [-0.1, -0.05) is 29.3 Å². The monoisotopic (exact) mass is 601 g/mol. The summed E-state index contributed by atoms with van der Waals surface area (Å²) in [6, 6.07) is 5.50. The van der Waals surface area contributed by atoms with E-state index in [1.165, 1.54) is 5.56 Å². The molecule has 5 rings (SSSR count). The Labute approximate surface area is 248 Å². The smallest absolute Gasteiger partial charge is 0.320 e. The Morgan fingerprint density at radius 2 is 1.82 bits per heavy atom. The maximum Gasteiger partial charge on any atom is 0.320 e. The quantitative estimate of drug-likeness (QED) is 0.372. The van der Waals surface area contributed by atoms with Crippen molar-refractivity contribution in [3.63, 3.8) is 0 Å². The van der Waals surface area contributed by atoms with E-state index < -0.39 is 0 Å². The lowest BCUT2D eigenvalue weighted by Gasteiger charge is -2.36. The first-order valence-electron chi connectivity index (χ1n) is 13.6. The van der Waals surface area contributed by atoms with Crippen LogP contribution in [0.4, 0.5) is 16.3 Å². The first-order valence-corrected chi connectivity index (χ1v) is 15.1. The molecule has 0 aliphatic carbocycles. The van der Waals surface area contributed by atoms with Crippen LogP contribution in [0.25, 0.3) is 10.2 Å². The molecule has 0 bridgehead atoms. The molecule has 40 heavy (non-hydrogen) atoms. The van der Waals surface area contributed by atoms with Crippen molar-refractivity contribution in [1.82, 2.24) is 29.6 Å². The number of piperazine rings is 1. The normalized spacial score (nSPS) is 16.0. The lowest BCUT2D eigenvalue weighted by Crippen LogP contribution is -2.52. The van der Waals surface area contributed by atoms with Crippen molar-refractivity contribution in [2.75, 3.05) is 57.7 Å². The minimum Gasteiger partial charge on any atom is -0.340 e. The molecule has 212 valence electrons. The standard InChI is InChI=1S/C28H33Cl2N7O2S/c1-3-35(4-2)28(39)36-14-12-34(13-15-36)10-5-6-24(38)37-11-9-20-23(17-37)40-27-25(20)26(31-18-32-27)33-19-7-8-21(29)22(30)16-19/h5-8,16,18H,3-4,9-15,17H2,1-2H3,(H,31,32,33). The third-order valence-corrected chi connectivity index (χ3v) is 9.30. The maximum absolute atomic E-state index is 13.0. The fraction of sp³-hybridized carbons (Fsp3) is 0.429. The first kappa shape index (κ1) is 28.6. The van der Waals surface area contributed by atoms with E-state index in [2.05, 4.69) is 20.2 Å². The summed E-state index contributed by atoms with van der Waals surface area (Å²) in [5.41, 5.74) is 1.98. The molecule has 0 saturated carbocycles. The number of urea groups is 1. The molecule has 2 aliphatic heterocycles. The summed E-state index contributed by atoms with van der Waals surface area (Å²) in [5.74, 6) is 0.734. The van der Waals surface area contributed by atoms with Crippen LogP contribution in [0.1, 0.15) is 24.3 Å². The molecule has 3 amide bonds. The van der Waals surface area contributed by atoms with Crippen molar-refractivity contribution in [2.45, 2.75) is 26.8 Å². The largest absolute Gasteiger partial charge is 0.340 e. The van der Waals surface area contributed by atoms with Gasteiger partial charge in [0, 0.05) is 69.0 Å². The van der Waals surface area contributed by atoms with E-state index >= 15 is 0 Å². The van der Waals surface area contributed by atoms with Crippen LogP contribution >= 0.6 is 34.5 Å². The molecule has 0 unspecified atom stereocenters. The predicted molar refractivity (Wildman–Crippen MR) is 162 cm³/mol. The van der Waals surface area contributed by atoms with Crippen LogP contribution in [0.5, 0.6) is 0 Å². The Morgan fingerprint density at radius 1 is 1.05 bits per heavy atom. The number of halogens is 2. The lowest BCUT2D eigenvalue weighted by atomic mass is 10.0. The van der Waals surface area contributed by atoms with E-state index in [0.29, 0.717) is 42.8 Å². The average molecular weight is 603 g/mol. The van der Waals surface area contributed by atoms with Crippen molar-refractivity contribution in [3.8, 4) is 0 Å². The van der Waals surface area contributed by atoms with Crippen molar-refractivity contribution in [1.29, 1.82) is 0 Å². The number of rotatable bonds is 7. The number of carbonyl (C=O) groups is 2. The fourth-order valence-corrected chi connectivity index (χ4v) is 6.65. The van der Waals surface area contributed by atoms with Crippen molar-refractivity contribution in [2.24, 2.45) is 0 Å². The molecule has 3 aromatic rings. The molecule has 0 radical (unpaired) electrons. The number of carbonyl (C=O) groups excluding carboxylic acids is 2. The van der Waals surface area contributed by atoms with Gasteiger partial charge in [0.1, 0.15) is 17.0 Å². The van der Waals surface area contributed by atoms with Gasteiger partial charge in [0.25, 0.3) is 0 Å². The zero-order chi connectivity index (χ0) is 28.2. The van der Waals surface area contributed by atoms with Gasteiger partial charge in [0.2, 0.25) is 5.91 Å². The van der Waals surface area contributed by atoms with Crippen LogP contribution in [0.2, 0.25) is 10.0 Å². The van der Waals surface area contributed by atoms with Gasteiger partial charge in [-0.3, -0.25) is 9.69 Å². The van der Waals surface area contributed by atoms with Gasteiger partial charge >= 0.3 is 6.03 Å². The third-order valence-electron chi connectivity index (χ3n) is 7.43. The summed E-state index contributed by atoms with van der Waals surface area (Å²) in [7, 11) is 0. The molecule has 12 heteroatoms. The van der Waals surface area contributed by atoms with Crippen LogP contribution in [0, 0.1) is 0 Å². The molecule has 0 atom stereocenters. The Kier molecular flexibility index (Phi) is 9.10. The minimum absolute atomic E-state index is 0.0127. The zero-order valence-electron chi connectivity index (χ0n) is 22.7. The summed E-state index contributed by atoms with van der Waals surface area (Å²) in [5, 5.41) is 5.32. The van der Waals surface area contributed by atoms with Crippen LogP contribution in [-0.2, 0) is 17.8 Å². The summed E-state index contributed by atoms with van der Waals surface area (Å²) in [6.45, 7) is 10.4. The number of anilines is 2. The molecular weight excluding hydrogens is 569 g/mol. The van der Waals surface area contributed by atoms with E-state index in [9.17, 15) is 9.59 Å². The van der Waals surface area contributed by atoms with Crippen LogP contribution in [0.3, 0.4) is 0 Å². The average Bonchev–Trinajstić information content (AvgIpc) is 3.35. The highest BCUT2D eigenvalue weighted by molar-refractivity contribution is 7.19. The Hall–Kier alpha value is -2.92. The van der Waals surface area contributed by atoms with Crippen LogP contribution < -0.4 is 5.32 Å². The molecule has 4 heterocycles. The number of fused-ring (bicyclic) bond motifs is 3. The molecule has 0 spiro atoms. The fourth-order valence-electron chi connectivity index (χ4n) is 5.15. The van der Waals surface area contributed by atoms with Crippen molar-refractivity contribution >= 4 is 68.2 Å². The summed E-state index contributed by atoms with van der Waals surface area (Å²) < 4.78 is 0. The molecule has 1 aromatic carbocycles. The molecule has 1 saturated heterocycles. The van der Waals surface area contributed by atoms with Crippen LogP contribution in [-0.4, -0.2) is 93.9 Å². The second kappa shape index (κ2) is 12.7. The van der Waals surface area contributed by atoms with E-state index in [1.54, 1.807) is 35.9 Å². The summed E-state index contributed by atoms with van der Waals surface area (Å²) in [6.07, 6.45) is 5.91. The van der Waals surface area contributed by atoms with Gasteiger partial charge in [-0.05, 0) is 44.0 Å². The number of nitrogens with one attached hydrogen (secondary N) is 1. The molecular formula is C28H33Cl2N7O2S. The number of hydrogen-bond donors (Lipinski definition) is 1. The predicted octanol–water partition coefficient (Wildman–Crippen LogP) is 5.26. The summed E-state index contributed by atoms with van der Waals surface area (Å²) >= 11 is 13.9. The number of thiophene rings is 1. The van der Waals surface area contributed by atoms with Crippen molar-refractivity contribution < 1.29 is 9.59 Å². The van der Waals surface area contributed by atoms with E-state index in [4.69, 9.17) is 23.2 Å². The summed E-state index contributed by atoms with van der Waals surface area (Å²) in [4.78, 5) is 44.5. The van der Waals surface area contributed by atoms with E-state index in [1.807, 2.05) is 40.7 Å². The number of hydrogen-bond acceptors (Lipinski definition) is 7. The molecule has 1 N–H and O–H groups in total. The molecule has 9 nitrogen and oxygen atoms in total. The zero-order valence-corrected chi connectivity index (χ0v) is 25.0. The van der Waals surface area contributed by atoms with Gasteiger partial charge in [-0.2, -0.15) is 0 Å². The first-order chi connectivity index (χ1) is 19.4. The highest BCUT2D eigenvalue weighted by Gasteiger charge is 2.26. The van der Waals surface area contributed by atoms with E-state index in [-0.39, 0.29) is 11.9 Å². The van der Waals surface area contributed by atoms with Gasteiger partial charge < -0.3 is 20.0 Å². The number of amides is 3. The molecule has 2 aliphatic rings. The minimum atomic E-state index is 0.0127. The second-order valence-electron chi connectivity index (χ2n) is 9.81. The highest BCUT2D eigenvalue weighted by atomic mass is 35.5. The highest BCUT2D eigenvalue weighted by Crippen LogP contribution is 2.38. The second-order valence-corrected chi connectivity index (χ2v) is 11.7. The maximum atomic E-state index is 13.0. The Bertz CT molecular complexity index is 1420.